The molecule has 0 unspecified atom stereocenters. The first kappa shape index (κ1) is 12.2. The van der Waals surface area contributed by atoms with E-state index in [9.17, 15) is 22.0 Å². The molecule has 0 radical (unpaired) electrons. The molecule has 0 spiro atoms. The van der Waals surface area contributed by atoms with Gasteiger partial charge in [-0.1, -0.05) is 0 Å². The minimum atomic E-state index is -4.40. The minimum absolute atomic E-state index is 0.251. The maximum Gasteiger partial charge on any atom is 0.378 e. The van der Waals surface area contributed by atoms with E-state index >= 15 is 0 Å². The summed E-state index contributed by atoms with van der Waals surface area (Å²) in [5.41, 5.74) is 0. The SMILES string of the molecule is CCOC(=O)C(F)(F)CS(N)(=O)=O. The zero-order valence-corrected chi connectivity index (χ0v) is 7.61. The standard InChI is InChI=1S/C5H9F2NO4S/c1-2-12-4(9)5(6,7)3-13(8,10)11/h2-3H2,1H3,(H2,8,10,11). The highest BCUT2D eigenvalue weighted by Crippen LogP contribution is 2.16. The first-order chi connectivity index (χ1) is 5.69. The molecule has 2 N–H and O–H groups in total. The van der Waals surface area contributed by atoms with E-state index in [1.807, 2.05) is 0 Å². The van der Waals surface area contributed by atoms with Gasteiger partial charge in [-0.2, -0.15) is 8.78 Å². The van der Waals surface area contributed by atoms with Gasteiger partial charge in [0.25, 0.3) is 0 Å². The summed E-state index contributed by atoms with van der Waals surface area (Å²) in [4.78, 5) is 10.5. The molecule has 5 nitrogen and oxygen atoms in total. The van der Waals surface area contributed by atoms with Gasteiger partial charge in [-0.15, -0.1) is 0 Å². The lowest BCUT2D eigenvalue weighted by atomic mass is 10.4. The Balaban J connectivity index is 4.49. The molecule has 0 fully saturated rings. The van der Waals surface area contributed by atoms with Gasteiger partial charge in [-0.25, -0.2) is 18.4 Å². The first-order valence-corrected chi connectivity index (χ1v) is 4.96. The molecule has 0 aromatic carbocycles. The fraction of sp³-hybridized carbons (Fsp3) is 0.800. The molecule has 0 aliphatic carbocycles. The average Bonchev–Trinajstić information content (AvgIpc) is 1.82. The first-order valence-electron chi connectivity index (χ1n) is 3.24. The second kappa shape index (κ2) is 3.97. The Morgan fingerprint density at radius 2 is 2.00 bits per heavy atom. The number of carbonyl (C=O) groups excluding carboxylic acids is 1. The van der Waals surface area contributed by atoms with Crippen molar-refractivity contribution in [3.05, 3.63) is 0 Å². The molecule has 0 bridgehead atoms. The maximum atomic E-state index is 12.6. The largest absolute Gasteiger partial charge is 0.462 e. The summed E-state index contributed by atoms with van der Waals surface area (Å²) >= 11 is 0. The number of alkyl halides is 2. The van der Waals surface area contributed by atoms with Gasteiger partial charge < -0.3 is 4.74 Å². The zero-order chi connectivity index (χ0) is 10.7. The Hall–Kier alpha value is -0.760. The molecule has 0 aromatic rings. The van der Waals surface area contributed by atoms with E-state index < -0.39 is 27.7 Å². The number of hydrogen-bond donors (Lipinski definition) is 1. The molecule has 0 amide bonds. The Bertz CT molecular complexity index is 287. The zero-order valence-electron chi connectivity index (χ0n) is 6.79. The van der Waals surface area contributed by atoms with Crippen LogP contribution in [0.1, 0.15) is 6.92 Å². The summed E-state index contributed by atoms with van der Waals surface area (Å²) in [6.07, 6.45) is 0. The van der Waals surface area contributed by atoms with E-state index in [1.54, 1.807) is 0 Å². The summed E-state index contributed by atoms with van der Waals surface area (Å²) < 4.78 is 49.6. The van der Waals surface area contributed by atoms with Crippen LogP contribution in [-0.2, 0) is 19.6 Å². The van der Waals surface area contributed by atoms with Gasteiger partial charge in [0.05, 0.1) is 6.61 Å². The second-order valence-electron chi connectivity index (χ2n) is 2.23. The molecular formula is C5H9F2NO4S. The molecule has 8 heteroatoms. The van der Waals surface area contributed by atoms with E-state index in [4.69, 9.17) is 0 Å². The third kappa shape index (κ3) is 4.73. The Morgan fingerprint density at radius 1 is 1.54 bits per heavy atom. The summed E-state index contributed by atoms with van der Waals surface area (Å²) in [5, 5.41) is 4.34. The molecule has 0 heterocycles. The molecule has 0 rings (SSSR count). The van der Waals surface area contributed by atoms with Crippen molar-refractivity contribution in [2.24, 2.45) is 5.14 Å². The van der Waals surface area contributed by atoms with Crippen molar-refractivity contribution >= 4 is 16.0 Å². The Kier molecular flexibility index (Phi) is 3.73. The topological polar surface area (TPSA) is 86.5 Å². The molecule has 0 aromatic heterocycles. The number of sulfonamides is 1. The summed E-state index contributed by atoms with van der Waals surface area (Å²) in [6, 6.07) is 0. The van der Waals surface area contributed by atoms with Crippen molar-refractivity contribution in [2.75, 3.05) is 12.4 Å². The van der Waals surface area contributed by atoms with E-state index in [-0.39, 0.29) is 6.61 Å². The number of carbonyl (C=O) groups is 1. The highest BCUT2D eigenvalue weighted by Gasteiger charge is 2.44. The lowest BCUT2D eigenvalue weighted by molar-refractivity contribution is -0.168. The van der Waals surface area contributed by atoms with Gasteiger partial charge in [0.1, 0.15) is 5.75 Å². The van der Waals surface area contributed by atoms with Gasteiger partial charge >= 0.3 is 11.9 Å². The normalized spacial score (nSPS) is 12.6. The summed E-state index contributed by atoms with van der Waals surface area (Å²) in [6.45, 7) is 1.07. The average molecular weight is 217 g/mol. The highest BCUT2D eigenvalue weighted by molar-refractivity contribution is 7.89. The van der Waals surface area contributed by atoms with Crippen LogP contribution in [0.25, 0.3) is 0 Å². The molecular weight excluding hydrogens is 208 g/mol. The molecule has 78 valence electrons. The van der Waals surface area contributed by atoms with Crippen molar-refractivity contribution in [3.8, 4) is 0 Å². The van der Waals surface area contributed by atoms with Gasteiger partial charge in [0.2, 0.25) is 10.0 Å². The molecule has 0 saturated carbocycles. The number of rotatable bonds is 4. The summed E-state index contributed by atoms with van der Waals surface area (Å²) in [5.74, 6) is -7.70. The van der Waals surface area contributed by atoms with Crippen molar-refractivity contribution in [1.29, 1.82) is 0 Å². The monoisotopic (exact) mass is 217 g/mol. The minimum Gasteiger partial charge on any atom is -0.462 e. The maximum absolute atomic E-state index is 12.6. The second-order valence-corrected chi connectivity index (χ2v) is 3.85. The van der Waals surface area contributed by atoms with Crippen LogP contribution >= 0.6 is 0 Å². The quantitative estimate of drug-likeness (QED) is 0.641. The number of primary sulfonamides is 1. The number of hydrogen-bond acceptors (Lipinski definition) is 4. The molecule has 13 heavy (non-hydrogen) atoms. The Labute approximate surface area is 73.9 Å². The van der Waals surface area contributed by atoms with Crippen LogP contribution in [0.15, 0.2) is 0 Å². The smallest absolute Gasteiger partial charge is 0.378 e. The van der Waals surface area contributed by atoms with Gasteiger partial charge in [0, 0.05) is 0 Å². The predicted octanol–water partition coefficient (Wildman–Crippen LogP) is -0.527. The van der Waals surface area contributed by atoms with E-state index in [0.717, 1.165) is 0 Å². The molecule has 0 atom stereocenters. The molecule has 0 saturated heterocycles. The number of halogens is 2. The highest BCUT2D eigenvalue weighted by atomic mass is 32.2. The van der Waals surface area contributed by atoms with Crippen LogP contribution in [-0.4, -0.2) is 32.7 Å². The predicted molar refractivity (Wildman–Crippen MR) is 39.6 cm³/mol. The lowest BCUT2D eigenvalue weighted by Gasteiger charge is -2.12. The van der Waals surface area contributed by atoms with Crippen molar-refractivity contribution in [1.82, 2.24) is 0 Å². The van der Waals surface area contributed by atoms with E-state index in [1.165, 1.54) is 6.92 Å². The van der Waals surface area contributed by atoms with Crippen LogP contribution < -0.4 is 5.14 Å². The van der Waals surface area contributed by atoms with Gasteiger partial charge in [-0.05, 0) is 6.92 Å². The van der Waals surface area contributed by atoms with Gasteiger partial charge in [0.15, 0.2) is 0 Å². The van der Waals surface area contributed by atoms with E-state index in [0.29, 0.717) is 0 Å². The lowest BCUT2D eigenvalue weighted by Crippen LogP contribution is -2.40. The van der Waals surface area contributed by atoms with Crippen LogP contribution in [0.2, 0.25) is 0 Å². The number of esters is 1. The molecule has 0 aliphatic rings. The van der Waals surface area contributed by atoms with Crippen molar-refractivity contribution in [2.45, 2.75) is 12.8 Å². The van der Waals surface area contributed by atoms with Crippen molar-refractivity contribution < 1.29 is 26.7 Å². The fourth-order valence-electron chi connectivity index (χ4n) is 0.548. The van der Waals surface area contributed by atoms with Crippen LogP contribution in [0.4, 0.5) is 8.78 Å². The van der Waals surface area contributed by atoms with E-state index in [2.05, 4.69) is 9.88 Å². The van der Waals surface area contributed by atoms with Crippen molar-refractivity contribution in [3.63, 3.8) is 0 Å². The van der Waals surface area contributed by atoms with Crippen LogP contribution in [0.3, 0.4) is 0 Å². The molecule has 0 aliphatic heterocycles. The Morgan fingerprint density at radius 3 is 2.31 bits per heavy atom. The summed E-state index contributed by atoms with van der Waals surface area (Å²) in [7, 11) is -4.40. The third-order valence-electron chi connectivity index (χ3n) is 0.957. The number of ether oxygens (including phenoxy) is 1. The number of nitrogens with two attached hydrogens (primary N) is 1. The fourth-order valence-corrected chi connectivity index (χ4v) is 1.17. The van der Waals surface area contributed by atoms with Gasteiger partial charge in [-0.3, -0.25) is 0 Å². The third-order valence-corrected chi connectivity index (χ3v) is 1.72. The van der Waals surface area contributed by atoms with Crippen LogP contribution in [0.5, 0.6) is 0 Å². The van der Waals surface area contributed by atoms with Crippen LogP contribution in [0, 0.1) is 0 Å².